The van der Waals surface area contributed by atoms with Crippen molar-refractivity contribution in [1.82, 2.24) is 39.7 Å². The second-order valence-corrected chi connectivity index (χ2v) is 7.76. The number of H-pyrrole nitrogens is 2. The van der Waals surface area contributed by atoms with Crippen molar-refractivity contribution in [2.24, 2.45) is 0 Å². The third-order valence-corrected chi connectivity index (χ3v) is 5.52. The highest BCUT2D eigenvalue weighted by Gasteiger charge is 2.16. The van der Waals surface area contributed by atoms with Gasteiger partial charge >= 0.3 is 5.69 Å². The molecule has 0 unspecified atom stereocenters. The highest BCUT2D eigenvalue weighted by Crippen LogP contribution is 2.31. The molecule has 32 heavy (non-hydrogen) atoms. The second kappa shape index (κ2) is 6.92. The molecule has 0 radical (unpaired) electrons. The Morgan fingerprint density at radius 1 is 1.12 bits per heavy atom. The zero-order valence-electron chi connectivity index (χ0n) is 16.7. The SMILES string of the molecule is Cc1ncc(Cn2nccc2-c2cc(Cl)c3nnn(-c4ccc5[nH]c(=O)[nH]c5c4)c3c2)o1. The van der Waals surface area contributed by atoms with Crippen LogP contribution >= 0.6 is 11.6 Å². The van der Waals surface area contributed by atoms with E-state index in [1.807, 2.05) is 41.1 Å². The Bertz CT molecular complexity index is 1670. The largest absolute Gasteiger partial charge is 0.444 e. The normalized spacial score (nSPS) is 11.7. The molecule has 0 saturated carbocycles. The smallest absolute Gasteiger partial charge is 0.323 e. The maximum Gasteiger partial charge on any atom is 0.323 e. The van der Waals surface area contributed by atoms with Crippen LogP contribution in [-0.2, 0) is 6.54 Å². The fourth-order valence-electron chi connectivity index (χ4n) is 3.80. The summed E-state index contributed by atoms with van der Waals surface area (Å²) < 4.78 is 9.11. The van der Waals surface area contributed by atoms with E-state index < -0.39 is 0 Å². The summed E-state index contributed by atoms with van der Waals surface area (Å²) >= 11 is 6.57. The van der Waals surface area contributed by atoms with Crippen LogP contribution in [-0.4, -0.2) is 39.7 Å². The zero-order valence-corrected chi connectivity index (χ0v) is 17.5. The number of nitrogens with zero attached hydrogens (tertiary/aromatic N) is 6. The Balaban J connectivity index is 1.47. The lowest BCUT2D eigenvalue weighted by Gasteiger charge is -2.08. The minimum absolute atomic E-state index is 0.263. The van der Waals surface area contributed by atoms with Crippen LogP contribution in [0.1, 0.15) is 11.7 Å². The number of benzene rings is 2. The minimum Gasteiger partial charge on any atom is -0.444 e. The molecule has 11 heteroatoms. The maximum atomic E-state index is 11.6. The molecule has 6 rings (SSSR count). The van der Waals surface area contributed by atoms with Crippen LogP contribution in [0.5, 0.6) is 0 Å². The van der Waals surface area contributed by atoms with Crippen molar-refractivity contribution in [3.63, 3.8) is 0 Å². The summed E-state index contributed by atoms with van der Waals surface area (Å²) in [4.78, 5) is 21.2. The van der Waals surface area contributed by atoms with Gasteiger partial charge in [-0.2, -0.15) is 5.10 Å². The van der Waals surface area contributed by atoms with E-state index >= 15 is 0 Å². The van der Waals surface area contributed by atoms with Gasteiger partial charge in [0.05, 0.1) is 39.2 Å². The third kappa shape index (κ3) is 3.00. The molecular weight excluding hydrogens is 432 g/mol. The van der Waals surface area contributed by atoms with Gasteiger partial charge in [-0.3, -0.25) is 4.68 Å². The first-order chi connectivity index (χ1) is 15.5. The lowest BCUT2D eigenvalue weighted by molar-refractivity contribution is 0.454. The molecule has 4 aromatic heterocycles. The second-order valence-electron chi connectivity index (χ2n) is 7.36. The summed E-state index contributed by atoms with van der Waals surface area (Å²) in [6, 6.07) is 11.2. The van der Waals surface area contributed by atoms with Crippen LogP contribution in [0, 0.1) is 6.92 Å². The summed E-state index contributed by atoms with van der Waals surface area (Å²) in [7, 11) is 0. The van der Waals surface area contributed by atoms with Crippen LogP contribution in [0.4, 0.5) is 0 Å². The number of fused-ring (bicyclic) bond motifs is 2. The first-order valence-electron chi connectivity index (χ1n) is 9.76. The lowest BCUT2D eigenvalue weighted by Crippen LogP contribution is -2.03. The van der Waals surface area contributed by atoms with Crippen LogP contribution < -0.4 is 5.69 Å². The van der Waals surface area contributed by atoms with Crippen molar-refractivity contribution in [1.29, 1.82) is 0 Å². The van der Waals surface area contributed by atoms with Crippen molar-refractivity contribution in [3.8, 4) is 16.9 Å². The molecule has 0 fully saturated rings. The Morgan fingerprint density at radius 3 is 2.84 bits per heavy atom. The predicted molar refractivity (Wildman–Crippen MR) is 118 cm³/mol. The number of oxazole rings is 1. The van der Waals surface area contributed by atoms with Crippen molar-refractivity contribution in [2.45, 2.75) is 13.5 Å². The Labute approximate surface area is 184 Å². The van der Waals surface area contributed by atoms with E-state index in [1.165, 1.54) is 0 Å². The minimum atomic E-state index is -0.263. The monoisotopic (exact) mass is 446 g/mol. The molecule has 0 amide bonds. The topological polar surface area (TPSA) is 123 Å². The molecule has 0 saturated heterocycles. The molecule has 2 aromatic carbocycles. The Kier molecular flexibility index (Phi) is 4.02. The summed E-state index contributed by atoms with van der Waals surface area (Å²) in [5, 5.41) is 13.4. The summed E-state index contributed by atoms with van der Waals surface area (Å²) in [5.41, 5.74) is 4.91. The maximum absolute atomic E-state index is 11.6. The predicted octanol–water partition coefficient (Wildman–Crippen LogP) is 3.45. The van der Waals surface area contributed by atoms with Crippen molar-refractivity contribution in [3.05, 3.63) is 75.9 Å². The van der Waals surface area contributed by atoms with E-state index in [0.29, 0.717) is 39.8 Å². The van der Waals surface area contributed by atoms with Crippen molar-refractivity contribution < 1.29 is 4.42 Å². The first-order valence-corrected chi connectivity index (χ1v) is 10.1. The molecule has 0 aliphatic rings. The number of hydrogen-bond acceptors (Lipinski definition) is 6. The molecule has 0 aliphatic heterocycles. The van der Waals surface area contributed by atoms with Gasteiger partial charge < -0.3 is 14.4 Å². The van der Waals surface area contributed by atoms with Gasteiger partial charge in [0.2, 0.25) is 0 Å². The molecule has 10 nitrogen and oxygen atoms in total. The standard InChI is InChI=1S/C21H15ClN8O2/c1-11-23-9-14(32-11)10-29-18(4-5-24-29)12-6-15(22)20-19(7-12)30(28-27-20)13-2-3-16-17(8-13)26-21(31)25-16/h2-9H,10H2,1H3,(H2,25,26,31). The van der Waals surface area contributed by atoms with Gasteiger partial charge in [-0.05, 0) is 36.4 Å². The number of hydrogen-bond donors (Lipinski definition) is 2. The number of aromatic nitrogens is 8. The van der Waals surface area contributed by atoms with Gasteiger partial charge in [0, 0.05) is 18.7 Å². The van der Waals surface area contributed by atoms with E-state index in [2.05, 4.69) is 30.4 Å². The number of aryl methyl sites for hydroxylation is 1. The van der Waals surface area contributed by atoms with E-state index in [9.17, 15) is 4.79 Å². The molecular formula is C21H15ClN8O2. The van der Waals surface area contributed by atoms with Gasteiger partial charge in [0.15, 0.2) is 5.89 Å². The molecule has 2 N–H and O–H groups in total. The summed E-state index contributed by atoms with van der Waals surface area (Å²) in [6.45, 7) is 2.24. The number of halogens is 1. The fraction of sp³-hybridized carbons (Fsp3) is 0.0952. The van der Waals surface area contributed by atoms with E-state index in [1.54, 1.807) is 24.0 Å². The molecule has 0 aliphatic carbocycles. The highest BCUT2D eigenvalue weighted by molar-refractivity contribution is 6.35. The quantitative estimate of drug-likeness (QED) is 0.427. The number of aromatic amines is 2. The van der Waals surface area contributed by atoms with E-state index in [0.717, 1.165) is 22.5 Å². The summed E-state index contributed by atoms with van der Waals surface area (Å²) in [5.74, 6) is 1.31. The highest BCUT2D eigenvalue weighted by atomic mass is 35.5. The third-order valence-electron chi connectivity index (χ3n) is 5.24. The van der Waals surface area contributed by atoms with Crippen LogP contribution in [0.25, 0.3) is 39.0 Å². The number of rotatable bonds is 4. The molecule has 6 aromatic rings. The average molecular weight is 447 g/mol. The van der Waals surface area contributed by atoms with Crippen molar-refractivity contribution >= 4 is 33.7 Å². The summed E-state index contributed by atoms with van der Waals surface area (Å²) in [6.07, 6.45) is 3.42. The van der Waals surface area contributed by atoms with Gasteiger partial charge in [-0.1, -0.05) is 16.8 Å². The van der Waals surface area contributed by atoms with Crippen LogP contribution in [0.3, 0.4) is 0 Å². The zero-order chi connectivity index (χ0) is 21.8. The average Bonchev–Trinajstić information content (AvgIpc) is 3.54. The first kappa shape index (κ1) is 18.6. The molecule has 0 atom stereocenters. The Hall–Kier alpha value is -4.18. The fourth-order valence-corrected chi connectivity index (χ4v) is 4.06. The van der Waals surface area contributed by atoms with Crippen molar-refractivity contribution in [2.75, 3.05) is 0 Å². The van der Waals surface area contributed by atoms with Crippen LogP contribution in [0.15, 0.2) is 58.0 Å². The Morgan fingerprint density at radius 2 is 2.00 bits per heavy atom. The van der Waals surface area contributed by atoms with Crippen LogP contribution in [0.2, 0.25) is 5.02 Å². The van der Waals surface area contributed by atoms with Gasteiger partial charge in [0.1, 0.15) is 17.8 Å². The molecule has 4 heterocycles. The molecule has 0 spiro atoms. The van der Waals surface area contributed by atoms with Gasteiger partial charge in [0.25, 0.3) is 0 Å². The lowest BCUT2D eigenvalue weighted by atomic mass is 10.1. The van der Waals surface area contributed by atoms with E-state index in [4.69, 9.17) is 16.0 Å². The van der Waals surface area contributed by atoms with E-state index in [-0.39, 0.29) is 5.69 Å². The van der Waals surface area contributed by atoms with Gasteiger partial charge in [-0.15, -0.1) is 5.10 Å². The number of imidazole rings is 1. The molecule has 158 valence electrons. The molecule has 0 bridgehead atoms. The van der Waals surface area contributed by atoms with Gasteiger partial charge in [-0.25, -0.2) is 14.5 Å². The number of nitrogens with one attached hydrogen (secondary N) is 2.